The number of aromatic nitrogens is 4. The number of carbonyl (C=O) groups excluding carboxylic acids is 11. The van der Waals surface area contributed by atoms with E-state index in [1.54, 1.807) is 89.6 Å². The molecule has 97 heavy (non-hydrogen) atoms. The molecule has 11 atom stereocenters. The molecule has 2 aliphatic heterocycles. The zero-order valence-electron chi connectivity index (χ0n) is 58.5. The number of likely N-dealkylation sites (tertiary alicyclic amines) is 1. The van der Waals surface area contributed by atoms with Crippen LogP contribution < -0.4 is 37.6 Å². The summed E-state index contributed by atoms with van der Waals surface area (Å²) in [5, 5.41) is 31.3. The van der Waals surface area contributed by atoms with Crippen molar-refractivity contribution in [3.8, 4) is 0 Å². The fourth-order valence-electron chi connectivity index (χ4n) is 12.4. The molecule has 29 heteroatoms. The van der Waals surface area contributed by atoms with Crippen LogP contribution in [0.25, 0.3) is 0 Å². The van der Waals surface area contributed by atoms with Crippen molar-refractivity contribution in [2.24, 2.45) is 35.3 Å². The van der Waals surface area contributed by atoms with Crippen molar-refractivity contribution in [2.45, 2.75) is 194 Å². The number of ether oxygens (including phenoxy) is 3. The summed E-state index contributed by atoms with van der Waals surface area (Å²) < 4.78 is 17.9. The van der Waals surface area contributed by atoms with Gasteiger partial charge in [-0.1, -0.05) is 123 Å². The number of likely N-dealkylation sites (N-methyl/N-ethyl adjacent to an activating group) is 2. The van der Waals surface area contributed by atoms with Gasteiger partial charge in [0.15, 0.2) is 5.82 Å². The number of H-pyrrole nitrogens is 1. The van der Waals surface area contributed by atoms with Gasteiger partial charge >= 0.3 is 12.1 Å². The number of unbranched alkanes of at least 4 members (excludes halogenated alkanes) is 2. The predicted molar refractivity (Wildman–Crippen MR) is 360 cm³/mol. The molecular weight excluding hydrogens is 1250 g/mol. The van der Waals surface area contributed by atoms with Gasteiger partial charge in [0.05, 0.1) is 42.7 Å². The van der Waals surface area contributed by atoms with Crippen molar-refractivity contribution in [3.05, 3.63) is 83.7 Å². The summed E-state index contributed by atoms with van der Waals surface area (Å²) in [5.74, 6) is -5.71. The summed E-state index contributed by atoms with van der Waals surface area (Å²) in [6, 6.07) is 9.30. The Morgan fingerprint density at radius 2 is 1.40 bits per heavy atom. The quantitative estimate of drug-likeness (QED) is 0.0289. The molecule has 5 rings (SSSR count). The maximum atomic E-state index is 14.9. The first-order valence-corrected chi connectivity index (χ1v) is 33.6. The summed E-state index contributed by atoms with van der Waals surface area (Å²) in [6.07, 6.45) is 4.26. The van der Waals surface area contributed by atoms with Crippen LogP contribution in [-0.2, 0) is 70.4 Å². The van der Waals surface area contributed by atoms with Crippen LogP contribution in [0.15, 0.2) is 66.7 Å². The molecule has 12 amide bonds. The van der Waals surface area contributed by atoms with E-state index < -0.39 is 114 Å². The molecule has 1 saturated heterocycles. The van der Waals surface area contributed by atoms with Gasteiger partial charge in [0, 0.05) is 78.6 Å². The minimum Gasteiger partial charge on any atom is -0.445 e. The zero-order chi connectivity index (χ0) is 71.6. The Morgan fingerprint density at radius 1 is 0.732 bits per heavy atom. The SMILES string of the molecule is CC[C@H](C)[C@@H]([C@H](CC(=O)N1CCCC1[C@H](OC)[C@@H](C)C(=O)N[C@@H](Cc1ccccc1)c1nn[nH]n1)OC)N(C)C(=O)[C@@H](NC(=O)C(C(C)C)N(C)C(=O)OCc1ccc(NC(=O)[C@H](CCCNC(N)=O)NC(=O)[C@@H](NC(=O)CCCCCN2C(=O)C=CC2=O)C(C)C)cc1)C(C)C. The van der Waals surface area contributed by atoms with Gasteiger partial charge in [-0.15, -0.1) is 10.2 Å². The average molecular weight is 1350 g/mol. The third-order valence-electron chi connectivity index (χ3n) is 18.0. The molecule has 2 aromatic carbocycles. The zero-order valence-corrected chi connectivity index (χ0v) is 58.5. The molecule has 0 spiro atoms. The second-order valence-electron chi connectivity index (χ2n) is 26.1. The van der Waals surface area contributed by atoms with Gasteiger partial charge in [-0.3, -0.25) is 53.0 Å². The van der Waals surface area contributed by atoms with Crippen molar-refractivity contribution in [2.75, 3.05) is 53.3 Å². The van der Waals surface area contributed by atoms with Crippen molar-refractivity contribution in [1.82, 2.24) is 66.8 Å². The number of benzene rings is 2. The number of nitrogens with zero attached hydrogens (tertiary/aromatic N) is 7. The maximum Gasteiger partial charge on any atom is 0.410 e. The number of hydrogen-bond donors (Lipinski definition) is 8. The molecule has 29 nitrogen and oxygen atoms in total. The highest BCUT2D eigenvalue weighted by atomic mass is 16.6. The average Bonchev–Trinajstić information content (AvgIpc) is 1.80. The van der Waals surface area contributed by atoms with Gasteiger partial charge < -0.3 is 61.6 Å². The minimum atomic E-state index is -1.11. The number of carbonyl (C=O) groups is 11. The number of imide groups is 1. The molecule has 0 saturated carbocycles. The monoisotopic (exact) mass is 1350 g/mol. The van der Waals surface area contributed by atoms with Crippen molar-refractivity contribution in [3.63, 3.8) is 0 Å². The number of anilines is 1. The van der Waals surface area contributed by atoms with Crippen LogP contribution in [-0.4, -0.2) is 202 Å². The Bertz CT molecular complexity index is 3110. The van der Waals surface area contributed by atoms with E-state index in [2.05, 4.69) is 52.5 Å². The van der Waals surface area contributed by atoms with Crippen LogP contribution in [0.5, 0.6) is 0 Å². The van der Waals surface area contributed by atoms with Gasteiger partial charge in [0.25, 0.3) is 11.8 Å². The van der Waals surface area contributed by atoms with Gasteiger partial charge in [0.2, 0.25) is 41.4 Å². The molecule has 0 bridgehead atoms. The first-order valence-electron chi connectivity index (χ1n) is 33.6. The first-order chi connectivity index (χ1) is 46.1. The van der Waals surface area contributed by atoms with Gasteiger partial charge in [-0.25, -0.2) is 9.59 Å². The van der Waals surface area contributed by atoms with Crippen LogP contribution in [0.4, 0.5) is 15.3 Å². The fourth-order valence-corrected chi connectivity index (χ4v) is 12.4. The second kappa shape index (κ2) is 38.8. The Balaban J connectivity index is 1.18. The lowest BCUT2D eigenvalue weighted by atomic mass is 9.89. The second-order valence-corrected chi connectivity index (χ2v) is 26.1. The van der Waals surface area contributed by atoms with E-state index in [0.717, 1.165) is 10.5 Å². The number of nitrogens with two attached hydrogens (primary N) is 1. The number of amides is 12. The lowest BCUT2D eigenvalue weighted by Gasteiger charge is -2.41. The standard InChI is InChI=1S/C68H103N15O14/c1-14-43(8)59(51(95-12)38-55(87)82-36-22-26-50(82)60(96-13)44(9)62(88)73-49(61-76-78-79-77-61)37-45-23-17-15-18-24-45)80(10)66(92)57(41(4)5)75-65(91)58(42(6)7)81(11)68(94)97-39-46-28-30-47(31-29-46)71-63(89)48(25-21-34-70-67(69)93)72-64(90)56(40(2)3)74-52(84)27-19-16-20-35-83-53(85)32-33-54(83)86/h15,17-18,23-24,28-33,40-44,48-51,56-60H,14,16,19-22,25-27,34-39H2,1-13H3,(H,71,89)(H,72,90)(H,73,88)(H,74,84)(H,75,91)(H3,69,70,93)(H,76,77,78,79)/t43-,44+,48-,49-,50?,51-,56-,57-,58?,59-,60+/m0/s1. The van der Waals surface area contributed by atoms with Crippen LogP contribution in [0.2, 0.25) is 0 Å². The van der Waals surface area contributed by atoms with Gasteiger partial charge in [0.1, 0.15) is 30.8 Å². The molecule has 3 heterocycles. The molecule has 2 unspecified atom stereocenters. The Labute approximate surface area is 568 Å². The van der Waals surface area contributed by atoms with Crippen LogP contribution in [0.3, 0.4) is 0 Å². The van der Waals surface area contributed by atoms with E-state index in [1.807, 2.05) is 44.2 Å². The van der Waals surface area contributed by atoms with Gasteiger partial charge in [-0.05, 0) is 85.5 Å². The molecule has 1 fully saturated rings. The fraction of sp³-hybridized carbons (Fsp3) is 0.618. The molecule has 0 radical (unpaired) electrons. The van der Waals surface area contributed by atoms with Crippen molar-refractivity contribution < 1.29 is 67.0 Å². The summed E-state index contributed by atoms with van der Waals surface area (Å²) in [4.78, 5) is 153. The number of rotatable bonds is 39. The number of tetrazole rings is 1. The van der Waals surface area contributed by atoms with E-state index in [1.165, 1.54) is 38.3 Å². The van der Waals surface area contributed by atoms with Crippen LogP contribution >= 0.6 is 0 Å². The summed E-state index contributed by atoms with van der Waals surface area (Å²) in [7, 11) is 6.10. The molecule has 534 valence electrons. The lowest BCUT2D eigenvalue weighted by Crippen LogP contribution is -2.60. The highest BCUT2D eigenvalue weighted by molar-refractivity contribution is 6.12. The lowest BCUT2D eigenvalue weighted by molar-refractivity contribution is -0.148. The number of urea groups is 1. The molecule has 9 N–H and O–H groups in total. The maximum absolute atomic E-state index is 14.9. The number of hydrogen-bond acceptors (Lipinski definition) is 17. The normalized spacial score (nSPS) is 16.9. The molecule has 3 aromatic rings. The van der Waals surface area contributed by atoms with Gasteiger partial charge in [-0.2, -0.15) is 5.21 Å². The van der Waals surface area contributed by atoms with Crippen LogP contribution in [0.1, 0.15) is 150 Å². The topological polar surface area (TPSA) is 381 Å². The summed E-state index contributed by atoms with van der Waals surface area (Å²) in [5.41, 5.74) is 7.07. The number of nitrogens with one attached hydrogen (secondary N) is 7. The van der Waals surface area contributed by atoms with E-state index in [-0.39, 0.29) is 80.8 Å². The largest absolute Gasteiger partial charge is 0.445 e. The minimum absolute atomic E-state index is 0.0834. The Hall–Kier alpha value is -8.86. The summed E-state index contributed by atoms with van der Waals surface area (Å²) in [6.45, 7) is 16.9. The Morgan fingerprint density at radius 3 is 1.99 bits per heavy atom. The molecule has 0 aliphatic carbocycles. The predicted octanol–water partition coefficient (Wildman–Crippen LogP) is 4.45. The van der Waals surface area contributed by atoms with E-state index in [4.69, 9.17) is 19.9 Å². The Kier molecular flexibility index (Phi) is 31.5. The molecule has 2 aliphatic rings. The van der Waals surface area contributed by atoms with E-state index in [0.29, 0.717) is 68.6 Å². The van der Waals surface area contributed by atoms with Crippen molar-refractivity contribution >= 4 is 71.0 Å². The molecular formula is C68H103N15O14. The van der Waals surface area contributed by atoms with Crippen LogP contribution in [0, 0.1) is 29.6 Å². The van der Waals surface area contributed by atoms with Crippen molar-refractivity contribution in [1.29, 1.82) is 0 Å². The molecule has 1 aromatic heterocycles. The highest BCUT2D eigenvalue weighted by Crippen LogP contribution is 2.31. The van der Waals surface area contributed by atoms with E-state index >= 15 is 0 Å². The highest BCUT2D eigenvalue weighted by Gasteiger charge is 2.44. The smallest absolute Gasteiger partial charge is 0.410 e. The number of methoxy groups -OCH3 is 2. The first kappa shape index (κ1) is 78.8. The summed E-state index contributed by atoms with van der Waals surface area (Å²) >= 11 is 0. The number of primary amides is 1. The third kappa shape index (κ3) is 23.2. The van der Waals surface area contributed by atoms with E-state index in [9.17, 15) is 52.7 Å². The number of aromatic amines is 1. The third-order valence-corrected chi connectivity index (χ3v) is 18.0.